The van der Waals surface area contributed by atoms with E-state index in [-0.39, 0.29) is 11.9 Å². The molecule has 0 radical (unpaired) electrons. The molecule has 2 aliphatic rings. The summed E-state index contributed by atoms with van der Waals surface area (Å²) in [7, 11) is 3.29. The lowest BCUT2D eigenvalue weighted by atomic mass is 10.0. The SMILES string of the molecule is COCc1cc(-n2cccn2)nc2c1nc(-c1cccnc1N)n2-c1ccc2c(c1)CC[C@@H]2NC(=O)c1ccc(OCc2ccc(OC)cc2)c(C2OCCO2)c1. The molecule has 9 rings (SSSR count). The molecule has 5 heterocycles. The van der Waals surface area contributed by atoms with Crippen molar-refractivity contribution in [2.24, 2.45) is 0 Å². The number of aryl methyl sites for hydroxylation is 1. The Morgan fingerprint density at radius 2 is 1.79 bits per heavy atom. The minimum atomic E-state index is -0.629. The van der Waals surface area contributed by atoms with Crippen molar-refractivity contribution in [2.45, 2.75) is 38.4 Å². The van der Waals surface area contributed by atoms with E-state index >= 15 is 0 Å². The summed E-state index contributed by atoms with van der Waals surface area (Å²) >= 11 is 0. The number of anilines is 1. The summed E-state index contributed by atoms with van der Waals surface area (Å²) < 4.78 is 32.5. The molecule has 0 spiro atoms. The van der Waals surface area contributed by atoms with Crippen molar-refractivity contribution in [3.05, 3.63) is 137 Å². The maximum atomic E-state index is 13.9. The van der Waals surface area contributed by atoms with Crippen LogP contribution in [0.3, 0.4) is 0 Å². The zero-order chi connectivity index (χ0) is 38.9. The van der Waals surface area contributed by atoms with Gasteiger partial charge in [0.1, 0.15) is 29.4 Å². The molecule has 0 bridgehead atoms. The number of nitrogen functional groups attached to an aromatic ring is 1. The Morgan fingerprint density at radius 1 is 0.930 bits per heavy atom. The van der Waals surface area contributed by atoms with E-state index in [1.165, 1.54) is 0 Å². The van der Waals surface area contributed by atoms with Crippen LogP contribution >= 0.6 is 0 Å². The first-order chi connectivity index (χ1) is 28.0. The Labute approximate surface area is 328 Å². The molecule has 1 amide bonds. The van der Waals surface area contributed by atoms with Crippen LogP contribution in [0, 0.1) is 0 Å². The zero-order valence-electron chi connectivity index (χ0n) is 31.4. The Hall–Kier alpha value is -6.61. The first-order valence-electron chi connectivity index (χ1n) is 18.7. The largest absolute Gasteiger partial charge is 0.497 e. The third kappa shape index (κ3) is 7.05. The van der Waals surface area contributed by atoms with E-state index in [0.717, 1.165) is 46.5 Å². The van der Waals surface area contributed by atoms with Crippen molar-refractivity contribution >= 4 is 22.9 Å². The minimum Gasteiger partial charge on any atom is -0.497 e. The quantitative estimate of drug-likeness (QED) is 0.141. The fraction of sp³-hybridized carbons (Fsp3) is 0.233. The molecule has 1 aliphatic carbocycles. The molecule has 1 atom stereocenters. The van der Waals surface area contributed by atoms with E-state index in [9.17, 15) is 4.79 Å². The second-order valence-corrected chi connectivity index (χ2v) is 13.8. The molecule has 3 N–H and O–H groups in total. The Kier molecular flexibility index (Phi) is 9.80. The summed E-state index contributed by atoms with van der Waals surface area (Å²) in [6, 6.07) is 26.6. The monoisotopic (exact) mass is 764 g/mol. The van der Waals surface area contributed by atoms with Gasteiger partial charge in [0, 0.05) is 42.5 Å². The van der Waals surface area contributed by atoms with Crippen molar-refractivity contribution in [3.63, 3.8) is 0 Å². The van der Waals surface area contributed by atoms with E-state index in [0.29, 0.717) is 77.5 Å². The molecule has 14 heteroatoms. The van der Waals surface area contributed by atoms with Gasteiger partial charge >= 0.3 is 0 Å². The number of nitrogens with one attached hydrogen (secondary N) is 1. The van der Waals surface area contributed by atoms with Gasteiger partial charge in [0.25, 0.3) is 5.91 Å². The number of imidazole rings is 1. The maximum absolute atomic E-state index is 13.9. The maximum Gasteiger partial charge on any atom is 0.251 e. The van der Waals surface area contributed by atoms with Gasteiger partial charge in [-0.2, -0.15) is 5.10 Å². The molecule has 0 unspecified atom stereocenters. The lowest BCUT2D eigenvalue weighted by molar-refractivity contribution is -0.0459. The number of carbonyl (C=O) groups is 1. The van der Waals surface area contributed by atoms with Crippen molar-refractivity contribution in [2.75, 3.05) is 33.2 Å². The average Bonchev–Trinajstić information content (AvgIpc) is 4.08. The van der Waals surface area contributed by atoms with E-state index in [2.05, 4.69) is 27.5 Å². The number of pyridine rings is 2. The number of hydrogen-bond acceptors (Lipinski definition) is 11. The highest BCUT2D eigenvalue weighted by molar-refractivity contribution is 5.95. The molecule has 0 saturated carbocycles. The predicted octanol–water partition coefficient (Wildman–Crippen LogP) is 6.45. The molecule has 1 saturated heterocycles. The average molecular weight is 765 g/mol. The summed E-state index contributed by atoms with van der Waals surface area (Å²) in [5.41, 5.74) is 14.4. The lowest BCUT2D eigenvalue weighted by Crippen LogP contribution is -2.27. The third-order valence-corrected chi connectivity index (χ3v) is 10.3. The summed E-state index contributed by atoms with van der Waals surface area (Å²) in [4.78, 5) is 28.4. The molecule has 1 aliphatic heterocycles. The topological polar surface area (TPSA) is 163 Å². The van der Waals surface area contributed by atoms with Gasteiger partial charge < -0.3 is 34.7 Å². The second kappa shape index (κ2) is 15.5. The van der Waals surface area contributed by atoms with Crippen LogP contribution in [0.25, 0.3) is 34.1 Å². The van der Waals surface area contributed by atoms with Crippen LogP contribution in [0.15, 0.2) is 104 Å². The smallest absolute Gasteiger partial charge is 0.251 e. The first kappa shape index (κ1) is 36.1. The number of nitrogens with zero attached hydrogens (tertiary/aromatic N) is 6. The Balaban J connectivity index is 1.02. The number of nitrogens with two attached hydrogens (primary N) is 1. The van der Waals surface area contributed by atoms with Gasteiger partial charge in [-0.1, -0.05) is 18.2 Å². The highest BCUT2D eigenvalue weighted by Gasteiger charge is 2.29. The molecular weight excluding hydrogens is 725 g/mol. The Morgan fingerprint density at radius 3 is 2.56 bits per heavy atom. The number of methoxy groups -OCH3 is 2. The van der Waals surface area contributed by atoms with Crippen LogP contribution in [-0.4, -0.2) is 62.6 Å². The van der Waals surface area contributed by atoms with Gasteiger partial charge in [-0.05, 0) is 96.3 Å². The molecule has 14 nitrogen and oxygen atoms in total. The summed E-state index contributed by atoms with van der Waals surface area (Å²) in [5.74, 6) is 2.74. The van der Waals surface area contributed by atoms with E-state index in [1.54, 1.807) is 49.5 Å². The van der Waals surface area contributed by atoms with Gasteiger partial charge in [-0.3, -0.25) is 9.36 Å². The standard InChI is InChI=1S/C43H40N8O6/c1-53-25-29-23-37(50-18-4-17-46-50)48-41-38(29)49-40(33-5-3-16-45-39(33)44)51(41)30-10-13-32-27(21-30)8-14-35(32)47-42(52)28-9-15-36(34(22-28)43-55-19-20-56-43)57-24-26-6-11-31(54-2)12-7-26/h3-7,9-13,15-18,21-23,35,43H,8,14,19-20,24-25H2,1-2H3,(H2,44,45)(H,47,52)/t35-/m0/s1. The van der Waals surface area contributed by atoms with Crippen LogP contribution < -0.4 is 20.5 Å². The summed E-state index contributed by atoms with van der Waals surface area (Å²) in [6.45, 7) is 1.57. The van der Waals surface area contributed by atoms with Gasteiger partial charge in [0.15, 0.2) is 23.6 Å². The highest BCUT2D eigenvalue weighted by atomic mass is 16.7. The Bertz CT molecular complexity index is 2570. The van der Waals surface area contributed by atoms with Crippen LogP contribution in [0.5, 0.6) is 11.5 Å². The second-order valence-electron chi connectivity index (χ2n) is 13.8. The van der Waals surface area contributed by atoms with E-state index < -0.39 is 6.29 Å². The van der Waals surface area contributed by atoms with Crippen LogP contribution in [0.2, 0.25) is 0 Å². The number of hydrogen-bond donors (Lipinski definition) is 2. The van der Waals surface area contributed by atoms with Crippen LogP contribution in [-0.2, 0) is 33.8 Å². The number of rotatable bonds is 12. The van der Waals surface area contributed by atoms with Gasteiger partial charge in [-0.15, -0.1) is 0 Å². The highest BCUT2D eigenvalue weighted by Crippen LogP contribution is 2.38. The molecule has 4 aromatic heterocycles. The first-order valence-corrected chi connectivity index (χ1v) is 18.7. The number of benzene rings is 3. The number of ether oxygens (including phenoxy) is 5. The zero-order valence-corrected chi connectivity index (χ0v) is 31.4. The van der Waals surface area contributed by atoms with Gasteiger partial charge in [0.05, 0.1) is 44.1 Å². The fourth-order valence-electron chi connectivity index (χ4n) is 7.48. The van der Waals surface area contributed by atoms with Crippen molar-refractivity contribution < 1.29 is 28.5 Å². The van der Waals surface area contributed by atoms with Crippen molar-refractivity contribution in [3.8, 4) is 34.4 Å². The van der Waals surface area contributed by atoms with Crippen LogP contribution in [0.4, 0.5) is 5.82 Å². The summed E-state index contributed by atoms with van der Waals surface area (Å²) in [6.07, 6.45) is 6.09. The summed E-state index contributed by atoms with van der Waals surface area (Å²) in [5, 5.41) is 7.70. The van der Waals surface area contributed by atoms with Crippen molar-refractivity contribution in [1.82, 2.24) is 34.6 Å². The van der Waals surface area contributed by atoms with Crippen LogP contribution in [0.1, 0.15) is 56.9 Å². The number of amides is 1. The molecular formula is C43H40N8O6. The number of fused-ring (bicyclic) bond motifs is 2. The number of carbonyl (C=O) groups excluding carboxylic acids is 1. The normalized spacial score (nSPS) is 15.2. The molecule has 57 heavy (non-hydrogen) atoms. The molecule has 288 valence electrons. The third-order valence-electron chi connectivity index (χ3n) is 10.3. The lowest BCUT2D eigenvalue weighted by Gasteiger charge is -2.19. The van der Waals surface area contributed by atoms with Crippen molar-refractivity contribution in [1.29, 1.82) is 0 Å². The fourth-order valence-corrected chi connectivity index (χ4v) is 7.48. The molecule has 7 aromatic rings. The predicted molar refractivity (Wildman–Crippen MR) is 211 cm³/mol. The minimum absolute atomic E-state index is 0.194. The van der Waals surface area contributed by atoms with Gasteiger partial charge in [-0.25, -0.2) is 19.6 Å². The molecule has 3 aromatic carbocycles. The van der Waals surface area contributed by atoms with Gasteiger partial charge in [0.2, 0.25) is 0 Å². The van der Waals surface area contributed by atoms with E-state index in [1.807, 2.05) is 65.4 Å². The van der Waals surface area contributed by atoms with E-state index in [4.69, 9.17) is 39.4 Å². The molecule has 1 fully saturated rings. The number of aromatic nitrogens is 6.